The molecule has 128 valence electrons. The molecule has 1 N–H and O–H groups in total. The average molecular weight is 361 g/mol. The molecule has 0 atom stereocenters. The van der Waals surface area contributed by atoms with Crippen molar-refractivity contribution in [3.63, 3.8) is 0 Å². The second-order valence-corrected chi connectivity index (χ2v) is 6.55. The molecule has 5 nitrogen and oxygen atoms in total. The van der Waals surface area contributed by atoms with Gasteiger partial charge in [-0.05, 0) is 36.4 Å². The number of pyridine rings is 1. The molecule has 6 heteroatoms. The van der Waals surface area contributed by atoms with Crippen molar-refractivity contribution in [3.8, 4) is 16.3 Å². The van der Waals surface area contributed by atoms with Gasteiger partial charge >= 0.3 is 0 Å². The van der Waals surface area contributed by atoms with Gasteiger partial charge in [-0.15, -0.1) is 0 Å². The first-order chi connectivity index (χ1) is 12.8. The molecule has 4 aromatic rings. The Morgan fingerprint density at radius 3 is 2.77 bits per heavy atom. The SMILES string of the molecule is O=C(COc1ccccc1)Nc1cccc(-c2nc3cccnc3s2)c1. The zero-order valence-electron chi connectivity index (χ0n) is 13.8. The summed E-state index contributed by atoms with van der Waals surface area (Å²) in [5.41, 5.74) is 2.52. The van der Waals surface area contributed by atoms with Crippen molar-refractivity contribution in [2.45, 2.75) is 0 Å². The Morgan fingerprint density at radius 2 is 1.92 bits per heavy atom. The van der Waals surface area contributed by atoms with Crippen molar-refractivity contribution in [2.24, 2.45) is 0 Å². The molecule has 0 aliphatic rings. The number of rotatable bonds is 5. The zero-order chi connectivity index (χ0) is 17.8. The molecule has 1 amide bonds. The van der Waals surface area contributed by atoms with E-state index in [0.29, 0.717) is 11.4 Å². The number of hydrogen-bond donors (Lipinski definition) is 1. The zero-order valence-corrected chi connectivity index (χ0v) is 14.6. The lowest BCUT2D eigenvalue weighted by molar-refractivity contribution is -0.118. The number of carbonyl (C=O) groups is 1. The highest BCUT2D eigenvalue weighted by Crippen LogP contribution is 2.30. The van der Waals surface area contributed by atoms with Crippen molar-refractivity contribution in [1.82, 2.24) is 9.97 Å². The molecule has 2 heterocycles. The van der Waals surface area contributed by atoms with E-state index < -0.39 is 0 Å². The summed E-state index contributed by atoms with van der Waals surface area (Å²) in [5, 5.41) is 3.72. The van der Waals surface area contributed by atoms with E-state index in [1.807, 2.05) is 66.7 Å². The number of aromatic nitrogens is 2. The standard InChI is InChI=1S/C20H15N3O2S/c24-18(13-25-16-8-2-1-3-9-16)22-15-7-4-6-14(12-15)19-23-17-10-5-11-21-20(17)26-19/h1-12H,13H2,(H,22,24). The third-order valence-electron chi connectivity index (χ3n) is 3.67. The Labute approximate surface area is 154 Å². The summed E-state index contributed by atoms with van der Waals surface area (Å²) in [6.07, 6.45) is 1.76. The van der Waals surface area contributed by atoms with Gasteiger partial charge in [0.15, 0.2) is 6.61 Å². The molecule has 0 fully saturated rings. The largest absolute Gasteiger partial charge is 0.484 e. The molecule has 0 saturated heterocycles. The number of carbonyl (C=O) groups excluding carboxylic acids is 1. The van der Waals surface area contributed by atoms with Gasteiger partial charge in [-0.3, -0.25) is 4.79 Å². The first kappa shape index (κ1) is 16.2. The Kier molecular flexibility index (Phi) is 4.57. The summed E-state index contributed by atoms with van der Waals surface area (Å²) in [6.45, 7) is -0.0424. The number of ether oxygens (including phenoxy) is 1. The number of anilines is 1. The maximum absolute atomic E-state index is 12.1. The second kappa shape index (κ2) is 7.33. The Morgan fingerprint density at radius 1 is 1.04 bits per heavy atom. The van der Waals surface area contributed by atoms with Crippen LogP contribution in [0.4, 0.5) is 5.69 Å². The van der Waals surface area contributed by atoms with Crippen LogP contribution in [0.25, 0.3) is 20.9 Å². The van der Waals surface area contributed by atoms with Crippen molar-refractivity contribution >= 4 is 33.3 Å². The van der Waals surface area contributed by atoms with E-state index >= 15 is 0 Å². The molecule has 0 bridgehead atoms. The quantitative estimate of drug-likeness (QED) is 0.573. The van der Waals surface area contributed by atoms with Gasteiger partial charge in [0.25, 0.3) is 5.91 Å². The van der Waals surface area contributed by atoms with E-state index in [1.54, 1.807) is 6.20 Å². The van der Waals surface area contributed by atoms with E-state index in [4.69, 9.17) is 4.74 Å². The molecular formula is C20H15N3O2S. The fraction of sp³-hybridized carbons (Fsp3) is 0.0500. The molecule has 0 aliphatic carbocycles. The van der Waals surface area contributed by atoms with Gasteiger partial charge in [0, 0.05) is 17.4 Å². The van der Waals surface area contributed by atoms with E-state index in [-0.39, 0.29) is 12.5 Å². The van der Waals surface area contributed by atoms with Gasteiger partial charge in [0.05, 0.1) is 0 Å². The maximum atomic E-state index is 12.1. The fourth-order valence-electron chi connectivity index (χ4n) is 2.49. The smallest absolute Gasteiger partial charge is 0.262 e. The van der Waals surface area contributed by atoms with Gasteiger partial charge in [-0.1, -0.05) is 41.7 Å². The predicted molar refractivity (Wildman–Crippen MR) is 103 cm³/mol. The van der Waals surface area contributed by atoms with Gasteiger partial charge in [-0.25, -0.2) is 9.97 Å². The normalized spacial score (nSPS) is 10.6. The molecule has 26 heavy (non-hydrogen) atoms. The molecule has 0 aliphatic heterocycles. The van der Waals surface area contributed by atoms with Crippen molar-refractivity contribution in [2.75, 3.05) is 11.9 Å². The van der Waals surface area contributed by atoms with Crippen LogP contribution in [-0.4, -0.2) is 22.5 Å². The number of hydrogen-bond acceptors (Lipinski definition) is 5. The first-order valence-corrected chi connectivity index (χ1v) is 8.89. The van der Waals surface area contributed by atoms with Crippen LogP contribution in [-0.2, 0) is 4.79 Å². The van der Waals surface area contributed by atoms with Crippen LogP contribution >= 0.6 is 11.3 Å². The van der Waals surface area contributed by atoms with Gasteiger partial charge in [-0.2, -0.15) is 0 Å². The molecular weight excluding hydrogens is 346 g/mol. The van der Waals surface area contributed by atoms with Crippen LogP contribution in [0.2, 0.25) is 0 Å². The minimum Gasteiger partial charge on any atom is -0.484 e. The number of fused-ring (bicyclic) bond motifs is 1. The second-order valence-electron chi connectivity index (χ2n) is 5.58. The highest BCUT2D eigenvalue weighted by atomic mass is 32.1. The molecule has 4 rings (SSSR count). The van der Waals surface area contributed by atoms with Gasteiger partial charge in [0.2, 0.25) is 0 Å². The van der Waals surface area contributed by atoms with E-state index in [9.17, 15) is 4.79 Å². The Hall–Kier alpha value is -3.25. The van der Waals surface area contributed by atoms with Crippen LogP contribution in [0.3, 0.4) is 0 Å². The lowest BCUT2D eigenvalue weighted by Crippen LogP contribution is -2.20. The van der Waals surface area contributed by atoms with E-state index in [0.717, 1.165) is 20.9 Å². The summed E-state index contributed by atoms with van der Waals surface area (Å²) >= 11 is 1.53. The van der Waals surface area contributed by atoms with E-state index in [1.165, 1.54) is 11.3 Å². The molecule has 0 radical (unpaired) electrons. The number of nitrogens with zero attached hydrogens (tertiary/aromatic N) is 2. The molecule has 0 spiro atoms. The monoisotopic (exact) mass is 361 g/mol. The van der Waals surface area contributed by atoms with Crippen LogP contribution in [0.1, 0.15) is 0 Å². The lowest BCUT2D eigenvalue weighted by atomic mass is 10.2. The van der Waals surface area contributed by atoms with Crippen molar-refractivity contribution < 1.29 is 9.53 Å². The van der Waals surface area contributed by atoms with Gasteiger partial charge < -0.3 is 10.1 Å². The van der Waals surface area contributed by atoms with E-state index in [2.05, 4.69) is 15.3 Å². The van der Waals surface area contributed by atoms with Crippen LogP contribution < -0.4 is 10.1 Å². The topological polar surface area (TPSA) is 64.1 Å². The number of nitrogens with one attached hydrogen (secondary N) is 1. The molecule has 0 unspecified atom stereocenters. The van der Waals surface area contributed by atoms with Crippen molar-refractivity contribution in [3.05, 3.63) is 72.9 Å². The number of benzene rings is 2. The van der Waals surface area contributed by atoms with Crippen LogP contribution in [0, 0.1) is 0 Å². The lowest BCUT2D eigenvalue weighted by Gasteiger charge is -2.08. The highest BCUT2D eigenvalue weighted by molar-refractivity contribution is 7.21. The molecule has 0 saturated carbocycles. The van der Waals surface area contributed by atoms with Crippen LogP contribution in [0.5, 0.6) is 5.75 Å². The maximum Gasteiger partial charge on any atom is 0.262 e. The van der Waals surface area contributed by atoms with Crippen molar-refractivity contribution in [1.29, 1.82) is 0 Å². The summed E-state index contributed by atoms with van der Waals surface area (Å²) in [7, 11) is 0. The number of amides is 1. The summed E-state index contributed by atoms with van der Waals surface area (Å²) in [5.74, 6) is 0.454. The molecule has 2 aromatic heterocycles. The Bertz CT molecular complexity index is 1010. The number of para-hydroxylation sites is 1. The molecule has 2 aromatic carbocycles. The minimum atomic E-state index is -0.211. The third-order valence-corrected chi connectivity index (χ3v) is 4.70. The number of thiazole rings is 1. The Balaban J connectivity index is 1.46. The first-order valence-electron chi connectivity index (χ1n) is 8.08. The summed E-state index contributed by atoms with van der Waals surface area (Å²) < 4.78 is 5.46. The minimum absolute atomic E-state index is 0.0424. The summed E-state index contributed by atoms with van der Waals surface area (Å²) in [4.78, 5) is 21.9. The third kappa shape index (κ3) is 3.70. The fourth-order valence-corrected chi connectivity index (χ4v) is 3.39. The average Bonchev–Trinajstić information content (AvgIpc) is 3.12. The summed E-state index contributed by atoms with van der Waals surface area (Å²) in [6, 6.07) is 20.7. The van der Waals surface area contributed by atoms with Crippen LogP contribution in [0.15, 0.2) is 72.9 Å². The predicted octanol–water partition coefficient (Wildman–Crippen LogP) is 4.38. The highest BCUT2D eigenvalue weighted by Gasteiger charge is 2.09. The van der Waals surface area contributed by atoms with Gasteiger partial charge in [0.1, 0.15) is 21.1 Å².